The summed E-state index contributed by atoms with van der Waals surface area (Å²) in [6.07, 6.45) is 6.16. The summed E-state index contributed by atoms with van der Waals surface area (Å²) in [5.74, 6) is 0.760. The first-order chi connectivity index (χ1) is 13.7. The van der Waals surface area contributed by atoms with Crippen molar-refractivity contribution in [2.24, 2.45) is 5.92 Å². The first-order valence-electron chi connectivity index (χ1n) is 9.82. The number of allylic oxidation sites excluding steroid dienone is 2. The van der Waals surface area contributed by atoms with E-state index in [-0.39, 0.29) is 23.6 Å². The summed E-state index contributed by atoms with van der Waals surface area (Å²) in [6, 6.07) is 13.3. The van der Waals surface area contributed by atoms with E-state index in [4.69, 9.17) is 4.74 Å². The van der Waals surface area contributed by atoms with Crippen molar-refractivity contribution < 1.29 is 14.6 Å². The second-order valence-electron chi connectivity index (χ2n) is 7.41. The Morgan fingerprint density at radius 1 is 1.21 bits per heavy atom. The number of aromatic hydroxyl groups is 1. The minimum absolute atomic E-state index is 0.0452. The number of phenols is 1. The number of carbonyl (C=O) groups excluding carboxylic acids is 1. The number of carbonyl (C=O) groups is 1. The lowest BCUT2D eigenvalue weighted by atomic mass is 9.76. The van der Waals surface area contributed by atoms with Crippen LogP contribution < -0.4 is 10.6 Å². The predicted molar refractivity (Wildman–Crippen MR) is 110 cm³/mol. The number of phenolic OH excluding ortho intramolecular Hbond substituents is 1. The number of ether oxygens (including phenoxy) is 1. The standard InChI is InChI=1S/C23H26N2O3/c1-28-14-6-13-24-23(27)19-11-5-10-17-15-8-4-9-16(15)21(25-22(17)19)18-7-2-3-12-20(18)26/h2-5,7-8,10-12,15-16,21,25-26H,6,9,13-14H2,1H3,(H,24,27). The average molecular weight is 378 g/mol. The SMILES string of the molecule is COCCCNC(=O)c1cccc2c1NC(c1ccccc1O)C1CC=CC21. The van der Waals surface area contributed by atoms with Crippen molar-refractivity contribution >= 4 is 11.6 Å². The summed E-state index contributed by atoms with van der Waals surface area (Å²) in [6.45, 7) is 1.19. The second-order valence-corrected chi connectivity index (χ2v) is 7.41. The zero-order chi connectivity index (χ0) is 19.5. The van der Waals surface area contributed by atoms with Crippen molar-refractivity contribution in [3.8, 4) is 5.75 Å². The van der Waals surface area contributed by atoms with E-state index in [0.717, 1.165) is 29.7 Å². The molecule has 3 atom stereocenters. The number of nitrogens with one attached hydrogen (secondary N) is 2. The number of amides is 1. The highest BCUT2D eigenvalue weighted by Gasteiger charge is 2.40. The van der Waals surface area contributed by atoms with Gasteiger partial charge in [0.1, 0.15) is 5.75 Å². The molecule has 5 heteroatoms. The van der Waals surface area contributed by atoms with Crippen LogP contribution in [0.5, 0.6) is 5.75 Å². The van der Waals surface area contributed by atoms with Gasteiger partial charge in [-0.15, -0.1) is 0 Å². The van der Waals surface area contributed by atoms with Gasteiger partial charge in [-0.25, -0.2) is 0 Å². The molecule has 0 saturated heterocycles. The smallest absolute Gasteiger partial charge is 0.253 e. The highest BCUT2D eigenvalue weighted by Crippen LogP contribution is 2.51. The maximum absolute atomic E-state index is 12.8. The molecule has 4 rings (SSSR count). The topological polar surface area (TPSA) is 70.6 Å². The van der Waals surface area contributed by atoms with Gasteiger partial charge >= 0.3 is 0 Å². The molecule has 1 aliphatic carbocycles. The van der Waals surface area contributed by atoms with Crippen molar-refractivity contribution in [1.82, 2.24) is 5.32 Å². The van der Waals surface area contributed by atoms with E-state index >= 15 is 0 Å². The Labute approximate surface area is 165 Å². The molecule has 0 bridgehead atoms. The molecule has 28 heavy (non-hydrogen) atoms. The van der Waals surface area contributed by atoms with E-state index in [1.165, 1.54) is 0 Å². The lowest BCUT2D eigenvalue weighted by Gasteiger charge is -2.38. The third kappa shape index (κ3) is 3.38. The van der Waals surface area contributed by atoms with Crippen LogP contribution in [-0.4, -0.2) is 31.3 Å². The Morgan fingerprint density at radius 3 is 2.86 bits per heavy atom. The zero-order valence-corrected chi connectivity index (χ0v) is 16.0. The van der Waals surface area contributed by atoms with Crippen LogP contribution in [-0.2, 0) is 4.74 Å². The predicted octanol–water partition coefficient (Wildman–Crippen LogP) is 3.99. The second kappa shape index (κ2) is 8.07. The molecule has 5 nitrogen and oxygen atoms in total. The van der Waals surface area contributed by atoms with Gasteiger partial charge in [0.05, 0.1) is 17.3 Å². The van der Waals surface area contributed by atoms with E-state index in [1.807, 2.05) is 30.3 Å². The molecule has 2 aromatic rings. The van der Waals surface area contributed by atoms with Gasteiger partial charge in [0.15, 0.2) is 0 Å². The maximum Gasteiger partial charge on any atom is 0.253 e. The number of anilines is 1. The minimum atomic E-state index is -0.0862. The molecule has 0 spiro atoms. The summed E-state index contributed by atoms with van der Waals surface area (Å²) in [5, 5.41) is 17.0. The lowest BCUT2D eigenvalue weighted by Crippen LogP contribution is -2.32. The van der Waals surface area contributed by atoms with Crippen LogP contribution in [0.3, 0.4) is 0 Å². The van der Waals surface area contributed by atoms with Crippen molar-refractivity contribution in [2.75, 3.05) is 25.6 Å². The van der Waals surface area contributed by atoms with Gasteiger partial charge in [-0.3, -0.25) is 4.79 Å². The van der Waals surface area contributed by atoms with Crippen LogP contribution in [0.2, 0.25) is 0 Å². The monoisotopic (exact) mass is 378 g/mol. The molecule has 1 heterocycles. The fourth-order valence-corrected chi connectivity index (χ4v) is 4.38. The zero-order valence-electron chi connectivity index (χ0n) is 16.0. The fourth-order valence-electron chi connectivity index (χ4n) is 4.38. The number of fused-ring (bicyclic) bond motifs is 3. The Morgan fingerprint density at radius 2 is 2.04 bits per heavy atom. The van der Waals surface area contributed by atoms with Crippen molar-refractivity contribution in [1.29, 1.82) is 0 Å². The van der Waals surface area contributed by atoms with Crippen molar-refractivity contribution in [3.63, 3.8) is 0 Å². The number of hydrogen-bond acceptors (Lipinski definition) is 4. The summed E-state index contributed by atoms with van der Waals surface area (Å²) < 4.78 is 5.05. The molecular formula is C23H26N2O3. The first-order valence-corrected chi connectivity index (χ1v) is 9.82. The number of methoxy groups -OCH3 is 1. The van der Waals surface area contributed by atoms with E-state index < -0.39 is 0 Å². The Kier molecular flexibility index (Phi) is 5.35. The largest absolute Gasteiger partial charge is 0.508 e. The highest BCUT2D eigenvalue weighted by molar-refractivity contribution is 6.00. The maximum atomic E-state index is 12.8. The van der Waals surface area contributed by atoms with Gasteiger partial charge in [0, 0.05) is 31.7 Å². The number of para-hydroxylation sites is 2. The number of benzene rings is 2. The van der Waals surface area contributed by atoms with Crippen LogP contribution in [0, 0.1) is 5.92 Å². The Hall–Kier alpha value is -2.79. The van der Waals surface area contributed by atoms with Gasteiger partial charge < -0.3 is 20.5 Å². The summed E-state index contributed by atoms with van der Waals surface area (Å²) in [5.41, 5.74) is 3.54. The van der Waals surface area contributed by atoms with Crippen LogP contribution in [0.1, 0.15) is 46.3 Å². The summed E-state index contributed by atoms with van der Waals surface area (Å²) in [4.78, 5) is 12.8. The quantitative estimate of drug-likeness (QED) is 0.525. The number of hydrogen-bond donors (Lipinski definition) is 3. The Balaban J connectivity index is 1.67. The van der Waals surface area contributed by atoms with E-state index in [9.17, 15) is 9.90 Å². The van der Waals surface area contributed by atoms with Gasteiger partial charge in [0.2, 0.25) is 0 Å². The Bertz CT molecular complexity index is 893. The fraction of sp³-hybridized carbons (Fsp3) is 0.348. The van der Waals surface area contributed by atoms with Gasteiger partial charge in [-0.05, 0) is 36.5 Å². The average Bonchev–Trinajstić information content (AvgIpc) is 3.21. The molecule has 1 aliphatic heterocycles. The van der Waals surface area contributed by atoms with Crippen molar-refractivity contribution in [3.05, 3.63) is 71.3 Å². The summed E-state index contributed by atoms with van der Waals surface area (Å²) >= 11 is 0. The first kappa shape index (κ1) is 18.6. The third-order valence-electron chi connectivity index (χ3n) is 5.72. The lowest BCUT2D eigenvalue weighted by molar-refractivity contribution is 0.0949. The molecule has 1 amide bonds. The normalized spacial score (nSPS) is 22.2. The number of rotatable bonds is 6. The molecule has 0 aromatic heterocycles. The van der Waals surface area contributed by atoms with Crippen LogP contribution in [0.4, 0.5) is 5.69 Å². The minimum Gasteiger partial charge on any atom is -0.508 e. The third-order valence-corrected chi connectivity index (χ3v) is 5.72. The molecule has 146 valence electrons. The highest BCUT2D eigenvalue weighted by atomic mass is 16.5. The molecular weight excluding hydrogens is 352 g/mol. The molecule has 0 saturated carbocycles. The van der Waals surface area contributed by atoms with Crippen molar-refractivity contribution in [2.45, 2.75) is 24.8 Å². The molecule has 3 N–H and O–H groups in total. The van der Waals surface area contributed by atoms with E-state index in [0.29, 0.717) is 24.6 Å². The van der Waals surface area contributed by atoms with Gasteiger partial charge in [-0.1, -0.05) is 42.5 Å². The molecule has 2 aliphatic rings. The van der Waals surface area contributed by atoms with Crippen LogP contribution in [0.15, 0.2) is 54.6 Å². The van der Waals surface area contributed by atoms with Gasteiger partial charge in [0.25, 0.3) is 5.91 Å². The summed E-state index contributed by atoms with van der Waals surface area (Å²) in [7, 11) is 1.66. The van der Waals surface area contributed by atoms with Gasteiger partial charge in [-0.2, -0.15) is 0 Å². The molecule has 2 aromatic carbocycles. The van der Waals surface area contributed by atoms with E-state index in [1.54, 1.807) is 13.2 Å². The van der Waals surface area contributed by atoms with Crippen LogP contribution in [0.25, 0.3) is 0 Å². The van der Waals surface area contributed by atoms with E-state index in [2.05, 4.69) is 28.9 Å². The molecule has 0 radical (unpaired) electrons. The molecule has 0 fully saturated rings. The molecule has 3 unspecified atom stereocenters. The van der Waals surface area contributed by atoms with Crippen LogP contribution >= 0.6 is 0 Å².